The quantitative estimate of drug-likeness (QED) is 0.182. The van der Waals surface area contributed by atoms with Gasteiger partial charge in [0.15, 0.2) is 29.5 Å². The number of hydrogen-bond acceptors (Lipinski definition) is 18. The maximum absolute atomic E-state index is 14.7. The van der Waals surface area contributed by atoms with E-state index in [4.69, 9.17) is 28.4 Å². The number of hydrogen-bond donors (Lipinski definition) is 7. The summed E-state index contributed by atoms with van der Waals surface area (Å²) in [6.07, 6.45) is -8.46. The average Bonchev–Trinajstić information content (AvgIpc) is 3.15. The molecular formula is C39H43NO17. The number of carbonyl (C=O) groups excluding carboxylic acids is 5. The summed E-state index contributed by atoms with van der Waals surface area (Å²) in [5.74, 6) is -7.81. The molecular weight excluding hydrogens is 754 g/mol. The van der Waals surface area contributed by atoms with Crippen molar-refractivity contribution in [2.24, 2.45) is 0 Å². The van der Waals surface area contributed by atoms with Crippen molar-refractivity contribution < 1.29 is 83.0 Å². The van der Waals surface area contributed by atoms with E-state index >= 15 is 0 Å². The molecule has 18 heteroatoms. The van der Waals surface area contributed by atoms with Crippen LogP contribution in [0.3, 0.4) is 0 Å². The molecule has 0 bridgehead atoms. The molecule has 0 spiro atoms. The molecule has 0 saturated carbocycles. The van der Waals surface area contributed by atoms with E-state index in [0.29, 0.717) is 12.8 Å². The Hall–Kier alpha value is -4.63. The number of aryl methyl sites for hydroxylation is 1. The Bertz CT molecular complexity index is 2130. The van der Waals surface area contributed by atoms with Crippen LogP contribution in [0.1, 0.15) is 95.2 Å². The van der Waals surface area contributed by atoms with Gasteiger partial charge in [0.1, 0.15) is 35.4 Å². The van der Waals surface area contributed by atoms with Crippen LogP contribution in [0.4, 0.5) is 0 Å². The van der Waals surface area contributed by atoms with E-state index in [2.05, 4.69) is 5.32 Å². The summed E-state index contributed by atoms with van der Waals surface area (Å²) in [7, 11) is 3.23. The molecule has 7 N–H and O–H groups in total. The lowest BCUT2D eigenvalue weighted by Crippen LogP contribution is -2.73. The lowest BCUT2D eigenvalue weighted by atomic mass is 9.56. The van der Waals surface area contributed by atoms with E-state index < -0.39 is 153 Å². The number of nitrogens with one attached hydrogen (secondary N) is 1. The fourth-order valence-electron chi connectivity index (χ4n) is 8.92. The van der Waals surface area contributed by atoms with Gasteiger partial charge < -0.3 is 64.4 Å². The van der Waals surface area contributed by atoms with Crippen molar-refractivity contribution in [3.63, 3.8) is 0 Å². The van der Waals surface area contributed by atoms with E-state index in [0.717, 1.165) is 26.4 Å². The molecule has 0 radical (unpaired) electrons. The van der Waals surface area contributed by atoms with Crippen molar-refractivity contribution in [1.82, 2.24) is 5.32 Å². The van der Waals surface area contributed by atoms with Crippen LogP contribution in [0, 0.1) is 6.92 Å². The Morgan fingerprint density at radius 1 is 0.895 bits per heavy atom. The summed E-state index contributed by atoms with van der Waals surface area (Å²) in [6, 6.07) is 2.16. The van der Waals surface area contributed by atoms with Gasteiger partial charge in [-0.1, -0.05) is 6.07 Å². The van der Waals surface area contributed by atoms with Gasteiger partial charge in [0.25, 0.3) is 0 Å². The van der Waals surface area contributed by atoms with Gasteiger partial charge in [0.05, 0.1) is 48.3 Å². The van der Waals surface area contributed by atoms with Crippen molar-refractivity contribution in [2.75, 3.05) is 21.3 Å². The number of phenols is 2. The third-order valence-electron chi connectivity index (χ3n) is 11.8. The van der Waals surface area contributed by atoms with Crippen molar-refractivity contribution in [3.05, 3.63) is 68.4 Å². The Balaban J connectivity index is 1.26. The molecule has 2 fully saturated rings. The summed E-state index contributed by atoms with van der Waals surface area (Å²) in [5, 5.41) is 71.2. The Morgan fingerprint density at radius 3 is 2.23 bits per heavy atom. The standard InChI is InChI=1S/C39H43NO17/c1-13-9-16-10-22(43)39(54-6)35(49)26-18(34(48)38(39,51)27(16)30(46)24(13)37(50)53-5)11-17-25(29(26)45)21(42)12-19(28(17)44)40-36-33(52-4)31(47)32(15(3)56-36)57-23-8-7-20(41)14(2)55-23/h9,11-12,14-15,20,22-23,31-33,36,40-41,43,45-47,51H,7-8,10H2,1-6H3/t14-,15-,20-,22+,23+,31+,32-,33+,36-,38-,39+/m0/s1. The number of aromatic hydroxyl groups is 2. The number of phenolic OH excluding ortho intramolecular Hbond substituents is 2. The summed E-state index contributed by atoms with van der Waals surface area (Å²) in [5.41, 5.74) is -10.4. The third kappa shape index (κ3) is 5.69. The zero-order valence-electron chi connectivity index (χ0n) is 31.7. The monoisotopic (exact) mass is 797 g/mol. The minimum atomic E-state index is -3.26. The van der Waals surface area contributed by atoms with Crippen LogP contribution in [0.25, 0.3) is 0 Å². The molecule has 3 aliphatic carbocycles. The van der Waals surface area contributed by atoms with Crippen LogP contribution >= 0.6 is 0 Å². The number of Topliss-reactive ketones (excluding diaryl/α,β-unsaturated/α-hetero) is 3. The number of allylic oxidation sites excluding steroid dienone is 2. The highest BCUT2D eigenvalue weighted by Gasteiger charge is 2.72. The van der Waals surface area contributed by atoms with E-state index in [-0.39, 0.29) is 11.1 Å². The van der Waals surface area contributed by atoms with Crippen molar-refractivity contribution in [3.8, 4) is 11.5 Å². The predicted molar refractivity (Wildman–Crippen MR) is 190 cm³/mol. The summed E-state index contributed by atoms with van der Waals surface area (Å²) >= 11 is 0. The van der Waals surface area contributed by atoms with Gasteiger partial charge >= 0.3 is 5.97 Å². The van der Waals surface area contributed by atoms with Gasteiger partial charge in [-0.2, -0.15) is 0 Å². The smallest absolute Gasteiger partial charge is 0.341 e. The minimum absolute atomic E-state index is 0.0170. The number of ether oxygens (including phenoxy) is 6. The summed E-state index contributed by atoms with van der Waals surface area (Å²) in [4.78, 5) is 69.8. The van der Waals surface area contributed by atoms with Crippen molar-refractivity contribution in [1.29, 1.82) is 0 Å². The largest absolute Gasteiger partial charge is 0.507 e. The molecule has 2 heterocycles. The maximum Gasteiger partial charge on any atom is 0.341 e. The molecule has 5 aliphatic rings. The Labute approximate surface area is 324 Å². The minimum Gasteiger partial charge on any atom is -0.507 e. The molecule has 2 aromatic rings. The van der Waals surface area contributed by atoms with Crippen molar-refractivity contribution in [2.45, 2.75) is 106 Å². The lowest BCUT2D eigenvalue weighted by molar-refractivity contribution is -0.299. The number of rotatable bonds is 7. The third-order valence-corrected chi connectivity index (χ3v) is 11.8. The number of aliphatic hydroxyl groups excluding tert-OH is 3. The molecule has 0 unspecified atom stereocenters. The molecule has 2 aliphatic heterocycles. The zero-order chi connectivity index (χ0) is 41.6. The molecule has 18 nitrogen and oxygen atoms in total. The van der Waals surface area contributed by atoms with Crippen LogP contribution in [0.2, 0.25) is 0 Å². The number of benzene rings is 2. The second-order valence-electron chi connectivity index (χ2n) is 14.9. The number of ketones is 4. The molecule has 7 rings (SSSR count). The molecule has 0 aromatic heterocycles. The number of esters is 1. The van der Waals surface area contributed by atoms with Crippen LogP contribution in [-0.4, -0.2) is 142 Å². The first kappa shape index (κ1) is 40.6. The summed E-state index contributed by atoms with van der Waals surface area (Å²) in [6.45, 7) is 4.73. The van der Waals surface area contributed by atoms with Gasteiger partial charge in [0.2, 0.25) is 17.3 Å². The van der Waals surface area contributed by atoms with Crippen LogP contribution in [0.5, 0.6) is 11.5 Å². The fourth-order valence-corrected chi connectivity index (χ4v) is 8.92. The summed E-state index contributed by atoms with van der Waals surface area (Å²) < 4.78 is 33.6. The van der Waals surface area contributed by atoms with Gasteiger partial charge in [-0.25, -0.2) is 4.79 Å². The molecule has 2 saturated heterocycles. The SMILES string of the molecule is COC(=O)c1c(C)cc2c(c1O)[C@]1(O)C(=O)c3cc4c(c(O)c3C(=O)[C@]1(OC)[C@H](O)C2)C(=O)C=C(N[C@H]1O[C@@H](C)[C@H](O[C@@H]2CC[C@H](O)[C@H](C)O2)[C@@H](O)[C@H]1OC)C4=O. The molecule has 306 valence electrons. The highest BCUT2D eigenvalue weighted by molar-refractivity contribution is 6.31. The molecule has 11 atom stereocenters. The maximum atomic E-state index is 14.7. The number of carbonyl (C=O) groups is 5. The second-order valence-corrected chi connectivity index (χ2v) is 14.9. The highest BCUT2D eigenvalue weighted by atomic mass is 16.7. The van der Waals surface area contributed by atoms with Gasteiger partial charge in [0, 0.05) is 49.8 Å². The van der Waals surface area contributed by atoms with Gasteiger partial charge in [-0.3, -0.25) is 19.2 Å². The van der Waals surface area contributed by atoms with Gasteiger partial charge in [-0.15, -0.1) is 0 Å². The Morgan fingerprint density at radius 2 is 1.60 bits per heavy atom. The number of fused-ring (bicyclic) bond motifs is 5. The topological polar surface area (TPSA) is 274 Å². The molecule has 0 amide bonds. The normalized spacial score (nSPS) is 34.8. The first-order valence-corrected chi connectivity index (χ1v) is 18.2. The zero-order valence-corrected chi connectivity index (χ0v) is 31.7. The van der Waals surface area contributed by atoms with E-state index in [1.807, 2.05) is 0 Å². The average molecular weight is 798 g/mol. The predicted octanol–water partition coefficient (Wildman–Crippen LogP) is 0.00612. The van der Waals surface area contributed by atoms with Gasteiger partial charge in [-0.05, 0) is 44.4 Å². The van der Waals surface area contributed by atoms with E-state index in [1.165, 1.54) is 20.1 Å². The number of aliphatic hydroxyl groups is 4. The first-order valence-electron chi connectivity index (χ1n) is 18.2. The molecule has 2 aromatic carbocycles. The van der Waals surface area contributed by atoms with Crippen LogP contribution < -0.4 is 5.32 Å². The lowest BCUT2D eigenvalue weighted by Gasteiger charge is -2.52. The van der Waals surface area contributed by atoms with Crippen LogP contribution in [0.15, 0.2) is 23.9 Å². The van der Waals surface area contributed by atoms with Crippen molar-refractivity contribution >= 4 is 29.1 Å². The molecule has 57 heavy (non-hydrogen) atoms. The van der Waals surface area contributed by atoms with E-state index in [9.17, 15) is 54.6 Å². The van der Waals surface area contributed by atoms with E-state index in [1.54, 1.807) is 13.8 Å². The fraction of sp³-hybridized carbons (Fsp3) is 0.513. The highest BCUT2D eigenvalue weighted by Crippen LogP contribution is 2.56. The first-order chi connectivity index (χ1) is 26.9. The van der Waals surface area contributed by atoms with Crippen LogP contribution in [-0.2, 0) is 40.4 Å². The second kappa shape index (κ2) is 14.3. The number of methoxy groups -OCH3 is 3. The Kier molecular flexibility index (Phi) is 10.2.